The van der Waals surface area contributed by atoms with Gasteiger partial charge in [-0.1, -0.05) is 85.4 Å². The molecule has 2 fully saturated rings. The largest absolute Gasteiger partial charge is 1.00 e. The molecule has 8 rings (SSSR count). The molecule has 316 valence electrons. The smallest absolute Gasteiger partial charge is 0.669 e. The maximum Gasteiger partial charge on any atom is 1.00 e. The van der Waals surface area contributed by atoms with E-state index >= 15 is 0 Å². The molecule has 0 aliphatic carbocycles. The van der Waals surface area contributed by atoms with Crippen LogP contribution in [0.3, 0.4) is 0 Å². The first kappa shape index (κ1) is 49.0. The number of fused-ring (bicyclic) bond motifs is 2. The van der Waals surface area contributed by atoms with E-state index in [0.29, 0.717) is 75.8 Å². The summed E-state index contributed by atoms with van der Waals surface area (Å²) < 4.78 is 22.0. The van der Waals surface area contributed by atoms with Crippen molar-refractivity contribution in [3.8, 4) is 23.0 Å². The normalized spacial score (nSPS) is 16.9. The van der Waals surface area contributed by atoms with E-state index in [1.807, 2.05) is 60.7 Å². The van der Waals surface area contributed by atoms with Crippen molar-refractivity contribution in [2.45, 2.75) is 63.4 Å². The van der Waals surface area contributed by atoms with Crippen LogP contribution in [0.5, 0.6) is 23.0 Å². The van der Waals surface area contributed by atoms with Crippen LogP contribution in [-0.4, -0.2) is 116 Å². The number of aromatic carboxylic acids is 2. The molecule has 0 aromatic heterocycles. The number of hydrogen-bond acceptors (Lipinski definition) is 12. The van der Waals surface area contributed by atoms with Crippen molar-refractivity contribution in [1.29, 1.82) is 0 Å². The van der Waals surface area contributed by atoms with Crippen LogP contribution in [0.25, 0.3) is 0 Å². The number of carbonyl (C=O) groups excluding carboxylic acids is 2. The molecule has 0 atom stereocenters. The van der Waals surface area contributed by atoms with Gasteiger partial charge in [0.15, 0.2) is 0 Å². The minimum atomic E-state index is -3.08. The summed E-state index contributed by atoms with van der Waals surface area (Å²) in [5.74, 6) is -2.43. The second kappa shape index (κ2) is 21.1. The molecular weight excluding hydrogens is 824 g/mol. The van der Waals surface area contributed by atoms with Crippen LogP contribution in [0.1, 0.15) is 55.8 Å². The zero-order chi connectivity index (χ0) is 42.6. The summed E-state index contributed by atoms with van der Waals surface area (Å²) in [4.78, 5) is 51.6. The van der Waals surface area contributed by atoms with Gasteiger partial charge in [0.1, 0.15) is 34.8 Å². The summed E-state index contributed by atoms with van der Waals surface area (Å²) in [6.07, 6.45) is 2.10. The number of amides is 2. The van der Waals surface area contributed by atoms with Crippen molar-refractivity contribution in [3.63, 3.8) is 0 Å². The van der Waals surface area contributed by atoms with Crippen LogP contribution in [0, 0.1) is 0 Å². The number of aryl methyl sites for hydroxylation is 4. The van der Waals surface area contributed by atoms with Crippen LogP contribution in [0.2, 0.25) is 12.6 Å². The molecule has 4 aliphatic rings. The molecule has 4 heterocycles. The SMILES string of the molecule is O=C(O)c1c(OC2CN(C(=O)CCc3ccccc3)C2)ccc2c1O[B-](O)(O)CC2.O=C(O)c1c(OC2CN(C(=O)CCc3ccccc3)C2)ccc2c1O[B-](O)(O)CC2.[Na+].[Na+]. The second-order valence-electron chi connectivity index (χ2n) is 15.5. The zero-order valence-corrected chi connectivity index (χ0v) is 38.7. The van der Waals surface area contributed by atoms with Gasteiger partial charge in [-0.2, -0.15) is 0 Å². The monoisotopic (exact) mass is 870 g/mol. The number of nitrogens with zero attached hydrogens (tertiary/aromatic N) is 2. The number of carboxylic acid groups (broad SMARTS) is 2. The Kier molecular flexibility index (Phi) is 16.6. The number of carbonyl (C=O) groups is 4. The molecule has 4 aromatic carbocycles. The number of hydrogen-bond donors (Lipinski definition) is 6. The van der Waals surface area contributed by atoms with Crippen molar-refractivity contribution in [2.24, 2.45) is 0 Å². The summed E-state index contributed by atoms with van der Waals surface area (Å²) in [5, 5.41) is 58.5. The van der Waals surface area contributed by atoms with E-state index in [1.165, 1.54) is 0 Å². The summed E-state index contributed by atoms with van der Waals surface area (Å²) in [6, 6.07) is 26.0. The Morgan fingerprint density at radius 1 is 0.565 bits per heavy atom. The first-order valence-corrected chi connectivity index (χ1v) is 20.0. The van der Waals surface area contributed by atoms with E-state index in [4.69, 9.17) is 18.8 Å². The summed E-state index contributed by atoms with van der Waals surface area (Å²) >= 11 is 0. The molecular formula is C42H46B2N2Na2O14. The first-order chi connectivity index (χ1) is 28.6. The Morgan fingerprint density at radius 3 is 1.26 bits per heavy atom. The van der Waals surface area contributed by atoms with E-state index in [-0.39, 0.29) is 130 Å². The number of rotatable bonds is 12. The van der Waals surface area contributed by atoms with Gasteiger partial charge < -0.3 is 58.9 Å². The molecule has 0 bridgehead atoms. The van der Waals surface area contributed by atoms with E-state index in [1.54, 1.807) is 34.1 Å². The molecule has 4 aliphatic heterocycles. The maximum absolute atomic E-state index is 12.3. The van der Waals surface area contributed by atoms with Crippen LogP contribution in [0.15, 0.2) is 84.9 Å². The zero-order valence-electron chi connectivity index (χ0n) is 34.7. The molecule has 2 saturated heterocycles. The van der Waals surface area contributed by atoms with Crippen LogP contribution >= 0.6 is 0 Å². The Morgan fingerprint density at radius 2 is 0.919 bits per heavy atom. The van der Waals surface area contributed by atoms with E-state index in [9.17, 15) is 49.5 Å². The predicted molar refractivity (Wildman–Crippen MR) is 217 cm³/mol. The van der Waals surface area contributed by atoms with Crippen molar-refractivity contribution in [2.75, 3.05) is 26.2 Å². The predicted octanol–water partition coefficient (Wildman–Crippen LogP) is -3.06. The molecule has 0 unspecified atom stereocenters. The van der Waals surface area contributed by atoms with Gasteiger partial charge in [0, 0.05) is 12.8 Å². The van der Waals surface area contributed by atoms with Crippen molar-refractivity contribution in [1.82, 2.24) is 9.80 Å². The Hall–Kier alpha value is -4.07. The first-order valence-electron chi connectivity index (χ1n) is 20.0. The topological polar surface area (TPSA) is 233 Å². The molecule has 0 radical (unpaired) electrons. The van der Waals surface area contributed by atoms with Gasteiger partial charge in [-0.3, -0.25) is 9.59 Å². The third kappa shape index (κ3) is 12.1. The van der Waals surface area contributed by atoms with Gasteiger partial charge in [0.2, 0.25) is 11.8 Å². The fraction of sp³-hybridized carbons (Fsp3) is 0.333. The molecule has 62 heavy (non-hydrogen) atoms. The molecule has 2 amide bonds. The van der Waals surface area contributed by atoms with Crippen LogP contribution < -0.4 is 77.9 Å². The summed E-state index contributed by atoms with van der Waals surface area (Å²) in [6.45, 7) is -4.68. The fourth-order valence-corrected chi connectivity index (χ4v) is 7.56. The van der Waals surface area contributed by atoms with E-state index < -0.39 is 25.4 Å². The molecule has 20 heteroatoms. The van der Waals surface area contributed by atoms with Gasteiger partial charge in [0.05, 0.1) is 37.7 Å². The number of ether oxygens (including phenoxy) is 2. The van der Waals surface area contributed by atoms with Gasteiger partial charge >= 0.3 is 84.6 Å². The average Bonchev–Trinajstić information content (AvgIpc) is 3.18. The minimum Gasteiger partial charge on any atom is -0.669 e. The van der Waals surface area contributed by atoms with Gasteiger partial charge in [-0.05, 0) is 60.1 Å². The third-order valence-corrected chi connectivity index (χ3v) is 11.0. The minimum absolute atomic E-state index is 0. The maximum atomic E-state index is 12.3. The summed E-state index contributed by atoms with van der Waals surface area (Å²) in [7, 11) is 0. The summed E-state index contributed by atoms with van der Waals surface area (Å²) in [5.41, 5.74) is 2.93. The third-order valence-electron chi connectivity index (χ3n) is 11.0. The van der Waals surface area contributed by atoms with Gasteiger partial charge in [-0.25, -0.2) is 9.59 Å². The molecule has 0 spiro atoms. The van der Waals surface area contributed by atoms with E-state index in [0.717, 1.165) is 11.1 Å². The van der Waals surface area contributed by atoms with Crippen molar-refractivity contribution >= 4 is 37.3 Å². The average molecular weight is 870 g/mol. The van der Waals surface area contributed by atoms with Gasteiger partial charge in [-0.15, -0.1) is 0 Å². The molecule has 6 N–H and O–H groups in total. The quantitative estimate of drug-likeness (QED) is 0.0777. The number of carboxylic acids is 2. The standard InChI is InChI=1S/2C21H23BNO7.2Na/c2*24-18(9-6-14-4-2-1-3-5-14)23-12-16(13-23)29-17-8-7-15-10-11-22(27,28)30-20(15)19(17)21(25)26;;/h2*1-5,7-8,16,27-28H,6,9-13H2,(H,25,26);;/q2*-1;2*+1. The Balaban J connectivity index is 0.000000227. The van der Waals surface area contributed by atoms with Gasteiger partial charge in [0.25, 0.3) is 0 Å². The number of benzene rings is 4. The van der Waals surface area contributed by atoms with Crippen molar-refractivity contribution in [3.05, 3.63) is 118 Å². The molecule has 16 nitrogen and oxygen atoms in total. The Labute approximate surface area is 402 Å². The molecule has 4 aromatic rings. The molecule has 0 saturated carbocycles. The fourth-order valence-electron chi connectivity index (χ4n) is 7.56. The van der Waals surface area contributed by atoms with Crippen molar-refractivity contribution < 1.29 is 127 Å². The van der Waals surface area contributed by atoms with E-state index in [2.05, 4.69) is 0 Å². The van der Waals surface area contributed by atoms with Crippen LogP contribution in [0.4, 0.5) is 0 Å². The Bertz CT molecular complexity index is 2080. The van der Waals surface area contributed by atoms with Crippen LogP contribution in [-0.2, 0) is 35.3 Å². The number of likely N-dealkylation sites (tertiary alicyclic amines) is 2. The second-order valence-corrected chi connectivity index (χ2v) is 15.5.